The van der Waals surface area contributed by atoms with Gasteiger partial charge in [-0.2, -0.15) is 0 Å². The molecular weight excluding hydrogens is 336 g/mol. The molecule has 0 bridgehead atoms. The number of ketones is 1. The molecule has 0 aliphatic carbocycles. The van der Waals surface area contributed by atoms with Crippen LogP contribution in [0.4, 0.5) is 0 Å². The van der Waals surface area contributed by atoms with Crippen molar-refractivity contribution in [3.05, 3.63) is 35.9 Å². The maximum atomic E-state index is 13.0. The Labute approximate surface area is 165 Å². The van der Waals surface area contributed by atoms with E-state index < -0.39 is 18.2 Å². The Bertz CT molecular complexity index is 528. The summed E-state index contributed by atoms with van der Waals surface area (Å²) >= 11 is 0. The summed E-state index contributed by atoms with van der Waals surface area (Å²) in [5.41, 5.74) is 7.28. The first-order valence-electron chi connectivity index (χ1n) is 10.9. The second-order valence-electron chi connectivity index (χ2n) is 7.95. The van der Waals surface area contributed by atoms with Gasteiger partial charge in [0, 0.05) is 6.42 Å². The molecule has 27 heavy (non-hydrogen) atoms. The zero-order valence-electron chi connectivity index (χ0n) is 17.0. The van der Waals surface area contributed by atoms with Crippen molar-refractivity contribution in [2.24, 2.45) is 11.7 Å². The van der Waals surface area contributed by atoms with E-state index >= 15 is 0 Å². The first kappa shape index (κ1) is 22.1. The van der Waals surface area contributed by atoms with Gasteiger partial charge in [-0.15, -0.1) is 0 Å². The minimum atomic E-state index is -0.834. The second-order valence-corrected chi connectivity index (χ2v) is 7.95. The van der Waals surface area contributed by atoms with E-state index in [1.54, 1.807) is 0 Å². The standard InChI is InChI=1S/C23H38N2O2/c1-2-3-4-5-6-7-11-16-20(26)21(23(24)25-17-12-13-18-25)22(27)19-14-9-8-10-15-19/h8-10,14-15,21-23,27H,2-7,11-13,16-18,24H2,1H3. The maximum Gasteiger partial charge on any atom is 0.141 e. The van der Waals surface area contributed by atoms with E-state index in [-0.39, 0.29) is 5.78 Å². The average Bonchev–Trinajstić information content (AvgIpc) is 3.23. The quantitative estimate of drug-likeness (QED) is 0.501. The molecule has 1 saturated heterocycles. The molecule has 4 nitrogen and oxygen atoms in total. The lowest BCUT2D eigenvalue weighted by Gasteiger charge is -2.33. The molecule has 0 aromatic heterocycles. The fraction of sp³-hybridized carbons (Fsp3) is 0.696. The lowest BCUT2D eigenvalue weighted by molar-refractivity contribution is -0.130. The van der Waals surface area contributed by atoms with Crippen molar-refractivity contribution in [3.8, 4) is 0 Å². The number of benzene rings is 1. The number of likely N-dealkylation sites (tertiary alicyclic amines) is 1. The monoisotopic (exact) mass is 374 g/mol. The van der Waals surface area contributed by atoms with Crippen molar-refractivity contribution in [1.82, 2.24) is 4.90 Å². The van der Waals surface area contributed by atoms with E-state index in [0.29, 0.717) is 6.42 Å². The highest BCUT2D eigenvalue weighted by atomic mass is 16.3. The molecular formula is C23H38N2O2. The fourth-order valence-corrected chi connectivity index (χ4v) is 4.10. The molecule has 0 radical (unpaired) electrons. The van der Waals surface area contributed by atoms with Gasteiger partial charge in [0.15, 0.2) is 0 Å². The molecule has 0 saturated carbocycles. The zero-order chi connectivity index (χ0) is 19.5. The number of nitrogens with two attached hydrogens (primary N) is 1. The molecule has 1 aliphatic rings. The van der Waals surface area contributed by atoms with E-state index in [9.17, 15) is 9.90 Å². The van der Waals surface area contributed by atoms with Gasteiger partial charge in [-0.3, -0.25) is 9.69 Å². The number of rotatable bonds is 13. The summed E-state index contributed by atoms with van der Waals surface area (Å²) in [5.74, 6) is -0.440. The van der Waals surface area contributed by atoms with Gasteiger partial charge in [0.2, 0.25) is 0 Å². The maximum absolute atomic E-state index is 13.0. The van der Waals surface area contributed by atoms with Crippen LogP contribution < -0.4 is 5.73 Å². The van der Waals surface area contributed by atoms with Gasteiger partial charge in [0.1, 0.15) is 5.78 Å². The molecule has 4 heteroatoms. The lowest BCUT2D eigenvalue weighted by atomic mass is 9.86. The van der Waals surface area contributed by atoms with Gasteiger partial charge >= 0.3 is 0 Å². The van der Waals surface area contributed by atoms with Crippen LogP contribution in [-0.2, 0) is 4.79 Å². The molecule has 152 valence electrons. The number of unbranched alkanes of at least 4 members (excludes halogenated alkanes) is 6. The van der Waals surface area contributed by atoms with E-state index in [4.69, 9.17) is 5.73 Å². The van der Waals surface area contributed by atoms with Gasteiger partial charge in [-0.05, 0) is 37.9 Å². The Morgan fingerprint density at radius 1 is 1.04 bits per heavy atom. The number of hydrogen-bond donors (Lipinski definition) is 2. The van der Waals surface area contributed by atoms with Crippen LogP contribution in [0.2, 0.25) is 0 Å². The number of Topliss-reactive ketones (excluding diaryl/α,β-unsaturated/α-hetero) is 1. The van der Waals surface area contributed by atoms with Crippen molar-refractivity contribution < 1.29 is 9.90 Å². The highest BCUT2D eigenvalue weighted by Gasteiger charge is 2.36. The largest absolute Gasteiger partial charge is 0.388 e. The molecule has 3 unspecified atom stereocenters. The lowest BCUT2D eigenvalue weighted by Crippen LogP contribution is -2.50. The zero-order valence-corrected chi connectivity index (χ0v) is 17.0. The number of nitrogens with zero attached hydrogens (tertiary/aromatic N) is 1. The Balaban J connectivity index is 1.93. The molecule has 0 spiro atoms. The first-order chi connectivity index (χ1) is 13.1. The number of carbonyl (C=O) groups excluding carboxylic acids is 1. The summed E-state index contributed by atoms with van der Waals surface area (Å²) in [7, 11) is 0. The predicted molar refractivity (Wildman–Crippen MR) is 111 cm³/mol. The Morgan fingerprint density at radius 3 is 2.26 bits per heavy atom. The van der Waals surface area contributed by atoms with Crippen LogP contribution in [0.3, 0.4) is 0 Å². The molecule has 1 aromatic rings. The summed E-state index contributed by atoms with van der Waals surface area (Å²) in [6.45, 7) is 4.06. The third-order valence-electron chi connectivity index (χ3n) is 5.81. The third-order valence-corrected chi connectivity index (χ3v) is 5.81. The Kier molecular flexibility index (Phi) is 10.0. The fourth-order valence-electron chi connectivity index (χ4n) is 4.10. The van der Waals surface area contributed by atoms with Crippen molar-refractivity contribution in [2.75, 3.05) is 13.1 Å². The Hall–Kier alpha value is -1.23. The summed E-state index contributed by atoms with van der Waals surface area (Å²) in [5, 5.41) is 11.0. The van der Waals surface area contributed by atoms with Crippen LogP contribution in [0.25, 0.3) is 0 Å². The number of hydrogen-bond acceptors (Lipinski definition) is 4. The molecule has 3 N–H and O–H groups in total. The normalized spacial score (nSPS) is 18.3. The molecule has 0 amide bonds. The van der Waals surface area contributed by atoms with Gasteiger partial charge in [-0.25, -0.2) is 0 Å². The van der Waals surface area contributed by atoms with Crippen molar-refractivity contribution in [3.63, 3.8) is 0 Å². The molecule has 1 aromatic carbocycles. The Morgan fingerprint density at radius 2 is 1.63 bits per heavy atom. The van der Waals surface area contributed by atoms with E-state index in [2.05, 4.69) is 11.8 Å². The van der Waals surface area contributed by atoms with Crippen LogP contribution in [0.1, 0.15) is 82.8 Å². The summed E-state index contributed by atoms with van der Waals surface area (Å²) in [6.07, 6.45) is 9.80. The second kappa shape index (κ2) is 12.3. The van der Waals surface area contributed by atoms with Crippen LogP contribution in [0.5, 0.6) is 0 Å². The van der Waals surface area contributed by atoms with Crippen LogP contribution in [0, 0.1) is 5.92 Å². The highest BCUT2D eigenvalue weighted by molar-refractivity contribution is 5.82. The number of aliphatic hydroxyl groups is 1. The van der Waals surface area contributed by atoms with Crippen LogP contribution in [0.15, 0.2) is 30.3 Å². The number of aliphatic hydroxyl groups excluding tert-OH is 1. The smallest absolute Gasteiger partial charge is 0.141 e. The SMILES string of the molecule is CCCCCCCCCC(=O)C(C(O)c1ccccc1)C(N)N1CCCC1. The van der Waals surface area contributed by atoms with Crippen molar-refractivity contribution in [1.29, 1.82) is 0 Å². The van der Waals surface area contributed by atoms with Gasteiger partial charge in [-0.1, -0.05) is 75.8 Å². The van der Waals surface area contributed by atoms with Crippen LogP contribution >= 0.6 is 0 Å². The van der Waals surface area contributed by atoms with E-state index in [1.807, 2.05) is 30.3 Å². The van der Waals surface area contributed by atoms with Crippen LogP contribution in [-0.4, -0.2) is 35.0 Å². The van der Waals surface area contributed by atoms with Crippen molar-refractivity contribution in [2.45, 2.75) is 83.4 Å². The molecule has 3 atom stereocenters. The minimum Gasteiger partial charge on any atom is -0.388 e. The summed E-state index contributed by atoms with van der Waals surface area (Å²) < 4.78 is 0. The molecule has 1 aliphatic heterocycles. The van der Waals surface area contributed by atoms with Gasteiger partial charge < -0.3 is 10.8 Å². The molecule has 1 fully saturated rings. The number of carbonyl (C=O) groups is 1. The van der Waals surface area contributed by atoms with Gasteiger partial charge in [0.05, 0.1) is 18.2 Å². The third kappa shape index (κ3) is 7.02. The topological polar surface area (TPSA) is 66.6 Å². The van der Waals surface area contributed by atoms with Gasteiger partial charge in [0.25, 0.3) is 0 Å². The predicted octanol–water partition coefficient (Wildman–Crippen LogP) is 4.43. The summed E-state index contributed by atoms with van der Waals surface area (Å²) in [6, 6.07) is 9.49. The summed E-state index contributed by atoms with van der Waals surface area (Å²) in [4.78, 5) is 15.2. The van der Waals surface area contributed by atoms with Crippen molar-refractivity contribution >= 4 is 5.78 Å². The first-order valence-corrected chi connectivity index (χ1v) is 10.9. The average molecular weight is 375 g/mol. The van der Waals surface area contributed by atoms with E-state index in [0.717, 1.165) is 44.3 Å². The minimum absolute atomic E-state index is 0.110. The highest BCUT2D eigenvalue weighted by Crippen LogP contribution is 2.29. The van der Waals surface area contributed by atoms with E-state index in [1.165, 1.54) is 32.1 Å². The molecule has 2 rings (SSSR count). The molecule has 1 heterocycles.